The maximum absolute atomic E-state index is 12.2. The van der Waals surface area contributed by atoms with Crippen LogP contribution in [0.25, 0.3) is 0 Å². The van der Waals surface area contributed by atoms with Crippen LogP contribution in [0.3, 0.4) is 0 Å². The fourth-order valence-electron chi connectivity index (χ4n) is 1.47. The molecule has 0 atom stereocenters. The summed E-state index contributed by atoms with van der Waals surface area (Å²) in [6.45, 7) is 2.10. The second kappa shape index (κ2) is 5.10. The first-order valence-corrected chi connectivity index (χ1v) is 7.00. The number of aryl methyl sites for hydroxylation is 1. The highest BCUT2D eigenvalue weighted by Crippen LogP contribution is 2.22. The predicted octanol–water partition coefficient (Wildman–Crippen LogP) is 4.15. The van der Waals surface area contributed by atoms with Crippen LogP contribution in [0, 0.1) is 3.57 Å². The van der Waals surface area contributed by atoms with E-state index in [-0.39, 0.29) is 5.78 Å². The van der Waals surface area contributed by atoms with Gasteiger partial charge in [0.05, 0.1) is 4.88 Å². The minimum Gasteiger partial charge on any atom is -0.288 e. The second-order valence-corrected chi connectivity index (χ2v) is 5.76. The molecule has 0 saturated heterocycles. The van der Waals surface area contributed by atoms with Gasteiger partial charge in [0.2, 0.25) is 5.78 Å². The van der Waals surface area contributed by atoms with Crippen molar-refractivity contribution in [1.29, 1.82) is 0 Å². The van der Waals surface area contributed by atoms with E-state index in [2.05, 4.69) is 29.5 Å². The van der Waals surface area contributed by atoms with Gasteiger partial charge in [-0.3, -0.25) is 4.79 Å². The van der Waals surface area contributed by atoms with Crippen LogP contribution in [-0.4, -0.2) is 5.78 Å². The zero-order valence-corrected chi connectivity index (χ0v) is 11.8. The van der Waals surface area contributed by atoms with Crippen LogP contribution in [0.2, 0.25) is 0 Å². The van der Waals surface area contributed by atoms with Gasteiger partial charge in [-0.25, -0.2) is 0 Å². The summed E-state index contributed by atoms with van der Waals surface area (Å²) in [5, 5.41) is 0. The molecule has 0 aliphatic heterocycles. The number of carbonyl (C=O) groups excluding carboxylic acids is 1. The van der Waals surface area contributed by atoms with E-state index in [1.165, 1.54) is 4.88 Å². The first kappa shape index (κ1) is 11.8. The molecule has 0 aliphatic rings. The van der Waals surface area contributed by atoms with Crippen LogP contribution < -0.4 is 0 Å². The van der Waals surface area contributed by atoms with Gasteiger partial charge in [-0.1, -0.05) is 19.1 Å². The molecule has 0 unspecified atom stereocenters. The van der Waals surface area contributed by atoms with Crippen molar-refractivity contribution >= 4 is 39.7 Å². The molecule has 1 heterocycles. The van der Waals surface area contributed by atoms with Gasteiger partial charge in [0.1, 0.15) is 0 Å². The molecule has 0 aliphatic carbocycles. The molecule has 1 aromatic carbocycles. The van der Waals surface area contributed by atoms with Gasteiger partial charge >= 0.3 is 0 Å². The minimum absolute atomic E-state index is 0.134. The van der Waals surface area contributed by atoms with Crippen molar-refractivity contribution in [2.75, 3.05) is 0 Å². The Hall–Kier alpha value is -0.680. The summed E-state index contributed by atoms with van der Waals surface area (Å²) in [6.07, 6.45) is 0.990. The topological polar surface area (TPSA) is 17.1 Å². The number of carbonyl (C=O) groups is 1. The van der Waals surface area contributed by atoms with Crippen molar-refractivity contribution in [2.45, 2.75) is 13.3 Å². The molecule has 2 aromatic rings. The number of thiophene rings is 1. The third-order valence-corrected chi connectivity index (χ3v) is 4.52. The van der Waals surface area contributed by atoms with Crippen LogP contribution in [0.15, 0.2) is 36.4 Å². The summed E-state index contributed by atoms with van der Waals surface area (Å²) in [4.78, 5) is 14.3. The van der Waals surface area contributed by atoms with Gasteiger partial charge in [-0.15, -0.1) is 11.3 Å². The number of benzene rings is 1. The lowest BCUT2D eigenvalue weighted by atomic mass is 10.1. The highest BCUT2D eigenvalue weighted by atomic mass is 127. The molecule has 0 saturated carbocycles. The van der Waals surface area contributed by atoms with E-state index < -0.39 is 0 Å². The Labute approximate surface area is 113 Å². The second-order valence-electron chi connectivity index (χ2n) is 3.43. The SMILES string of the molecule is CCc1ccc(C(=O)c2ccccc2I)s1. The monoisotopic (exact) mass is 342 g/mol. The fraction of sp³-hybridized carbons (Fsp3) is 0.154. The van der Waals surface area contributed by atoms with Crippen molar-refractivity contribution in [3.8, 4) is 0 Å². The van der Waals surface area contributed by atoms with Crippen LogP contribution in [0.4, 0.5) is 0 Å². The van der Waals surface area contributed by atoms with Crippen LogP contribution in [0.1, 0.15) is 27.0 Å². The third kappa shape index (κ3) is 2.35. The smallest absolute Gasteiger partial charge is 0.204 e. The molecule has 0 spiro atoms. The summed E-state index contributed by atoms with van der Waals surface area (Å²) in [5.74, 6) is 0.134. The van der Waals surface area contributed by atoms with Crippen molar-refractivity contribution < 1.29 is 4.79 Å². The lowest BCUT2D eigenvalue weighted by molar-refractivity contribution is 0.104. The maximum atomic E-state index is 12.2. The molecule has 0 fully saturated rings. The fourth-order valence-corrected chi connectivity index (χ4v) is 3.00. The van der Waals surface area contributed by atoms with Crippen LogP contribution in [-0.2, 0) is 6.42 Å². The lowest BCUT2D eigenvalue weighted by Gasteiger charge is -2.00. The number of halogens is 1. The first-order chi connectivity index (χ1) is 7.72. The van der Waals surface area contributed by atoms with E-state index in [0.717, 1.165) is 20.4 Å². The average Bonchev–Trinajstić information content (AvgIpc) is 2.77. The summed E-state index contributed by atoms with van der Waals surface area (Å²) in [7, 11) is 0. The van der Waals surface area contributed by atoms with Gasteiger partial charge in [-0.05, 0) is 53.3 Å². The molecule has 0 radical (unpaired) electrons. The van der Waals surface area contributed by atoms with Crippen molar-refractivity contribution in [3.63, 3.8) is 0 Å². The molecule has 82 valence electrons. The zero-order valence-electron chi connectivity index (χ0n) is 8.87. The summed E-state index contributed by atoms with van der Waals surface area (Å²) >= 11 is 3.79. The third-order valence-electron chi connectivity index (χ3n) is 2.35. The quantitative estimate of drug-likeness (QED) is 0.605. The van der Waals surface area contributed by atoms with Crippen molar-refractivity contribution in [1.82, 2.24) is 0 Å². The number of hydrogen-bond acceptors (Lipinski definition) is 2. The number of ketones is 1. The highest BCUT2D eigenvalue weighted by molar-refractivity contribution is 14.1. The molecule has 1 aromatic heterocycles. The Balaban J connectivity index is 2.35. The normalized spacial score (nSPS) is 10.4. The largest absolute Gasteiger partial charge is 0.288 e. The van der Waals surface area contributed by atoms with Gasteiger partial charge in [0.15, 0.2) is 0 Å². The molecular formula is C13H11IOS. The lowest BCUT2D eigenvalue weighted by Crippen LogP contribution is -2.00. The molecule has 16 heavy (non-hydrogen) atoms. The number of rotatable bonds is 3. The van der Waals surface area contributed by atoms with Crippen molar-refractivity contribution in [3.05, 3.63) is 55.3 Å². The highest BCUT2D eigenvalue weighted by Gasteiger charge is 2.13. The summed E-state index contributed by atoms with van der Waals surface area (Å²) in [6, 6.07) is 11.7. The van der Waals surface area contributed by atoms with Gasteiger partial charge in [0.25, 0.3) is 0 Å². The van der Waals surface area contributed by atoms with E-state index in [1.54, 1.807) is 11.3 Å². The van der Waals surface area contributed by atoms with Crippen LogP contribution in [0.5, 0.6) is 0 Å². The van der Waals surface area contributed by atoms with E-state index in [1.807, 2.05) is 36.4 Å². The molecule has 3 heteroatoms. The van der Waals surface area contributed by atoms with Gasteiger partial charge in [0, 0.05) is 14.0 Å². The maximum Gasteiger partial charge on any atom is 0.204 e. The van der Waals surface area contributed by atoms with E-state index >= 15 is 0 Å². The Morgan fingerprint density at radius 1 is 1.25 bits per heavy atom. The van der Waals surface area contributed by atoms with E-state index in [4.69, 9.17) is 0 Å². The Morgan fingerprint density at radius 2 is 2.00 bits per heavy atom. The average molecular weight is 342 g/mol. The first-order valence-electron chi connectivity index (χ1n) is 5.10. The summed E-state index contributed by atoms with van der Waals surface area (Å²) in [5.41, 5.74) is 0.799. The minimum atomic E-state index is 0.134. The Morgan fingerprint density at radius 3 is 2.62 bits per heavy atom. The molecule has 0 amide bonds. The van der Waals surface area contributed by atoms with Crippen LogP contribution >= 0.6 is 33.9 Å². The molecule has 0 N–H and O–H groups in total. The molecule has 1 nitrogen and oxygen atoms in total. The zero-order chi connectivity index (χ0) is 11.5. The molecular weight excluding hydrogens is 331 g/mol. The van der Waals surface area contributed by atoms with E-state index in [0.29, 0.717) is 0 Å². The summed E-state index contributed by atoms with van der Waals surface area (Å²) < 4.78 is 1.01. The van der Waals surface area contributed by atoms with Gasteiger partial charge in [-0.2, -0.15) is 0 Å². The Bertz CT molecular complexity index is 516. The number of hydrogen-bond donors (Lipinski definition) is 0. The molecule has 0 bridgehead atoms. The van der Waals surface area contributed by atoms with Gasteiger partial charge < -0.3 is 0 Å². The standard InChI is InChI=1S/C13H11IOS/c1-2-9-7-8-12(16-9)13(15)10-5-3-4-6-11(10)14/h3-8H,2H2,1H3. The Kier molecular flexibility index (Phi) is 3.76. The molecule has 2 rings (SSSR count). The van der Waals surface area contributed by atoms with Crippen molar-refractivity contribution in [2.24, 2.45) is 0 Å². The van der Waals surface area contributed by atoms with E-state index in [9.17, 15) is 4.79 Å². The predicted molar refractivity (Wildman–Crippen MR) is 76.3 cm³/mol.